The molecule has 1 unspecified atom stereocenters. The Morgan fingerprint density at radius 1 is 1.53 bits per heavy atom. The first-order valence-corrected chi connectivity index (χ1v) is 7.02. The van der Waals surface area contributed by atoms with Crippen molar-refractivity contribution in [2.24, 2.45) is 5.92 Å². The van der Waals surface area contributed by atoms with Crippen LogP contribution in [0.2, 0.25) is 0 Å². The summed E-state index contributed by atoms with van der Waals surface area (Å²) >= 11 is 3.57. The smallest absolute Gasteiger partial charge is 0.154 e. The lowest BCUT2D eigenvalue weighted by Crippen LogP contribution is -2.21. The molecule has 1 fully saturated rings. The molecule has 2 aromatic heterocycles. The summed E-state index contributed by atoms with van der Waals surface area (Å²) in [5.74, 6) is 1.80. The van der Waals surface area contributed by atoms with Crippen molar-refractivity contribution in [1.82, 2.24) is 14.6 Å². The van der Waals surface area contributed by atoms with Crippen molar-refractivity contribution in [1.29, 1.82) is 0 Å². The fourth-order valence-electron chi connectivity index (χ4n) is 2.43. The number of alkyl halides is 1. The molecule has 1 aliphatic heterocycles. The third-order valence-electron chi connectivity index (χ3n) is 3.30. The molecule has 0 aliphatic carbocycles. The highest BCUT2D eigenvalue weighted by molar-refractivity contribution is 9.09. The summed E-state index contributed by atoms with van der Waals surface area (Å²) in [5, 5.41) is 5.50. The van der Waals surface area contributed by atoms with Gasteiger partial charge in [-0.05, 0) is 25.3 Å². The number of fused-ring (bicyclic) bond motifs is 1. The quantitative estimate of drug-likeness (QED) is 0.797. The normalized spacial score (nSPS) is 20.4. The SMILES string of the molecule is Cc1cc2c(N3CCC(CBr)C3)nccn2n1. The molecule has 5 heteroatoms. The van der Waals surface area contributed by atoms with Crippen LogP contribution in [0.5, 0.6) is 0 Å². The van der Waals surface area contributed by atoms with Gasteiger partial charge in [0.05, 0.1) is 5.69 Å². The zero-order valence-corrected chi connectivity index (χ0v) is 11.4. The Hall–Kier alpha value is -1.10. The minimum Gasteiger partial charge on any atom is -0.355 e. The lowest BCUT2D eigenvalue weighted by atomic mass is 10.2. The van der Waals surface area contributed by atoms with Crippen LogP contribution < -0.4 is 4.90 Å². The first-order valence-electron chi connectivity index (χ1n) is 5.90. The van der Waals surface area contributed by atoms with Crippen LogP contribution in [-0.2, 0) is 0 Å². The van der Waals surface area contributed by atoms with E-state index in [0.717, 1.165) is 41.4 Å². The second-order valence-electron chi connectivity index (χ2n) is 4.62. The van der Waals surface area contributed by atoms with Gasteiger partial charge in [0, 0.05) is 30.8 Å². The zero-order valence-electron chi connectivity index (χ0n) is 9.80. The minimum absolute atomic E-state index is 0.737. The van der Waals surface area contributed by atoms with Gasteiger partial charge in [0.25, 0.3) is 0 Å². The molecule has 0 aromatic carbocycles. The number of nitrogens with zero attached hydrogens (tertiary/aromatic N) is 4. The molecule has 3 rings (SSSR count). The van der Waals surface area contributed by atoms with Crippen LogP contribution in [0, 0.1) is 12.8 Å². The van der Waals surface area contributed by atoms with E-state index in [1.54, 1.807) is 0 Å². The van der Waals surface area contributed by atoms with Gasteiger partial charge in [-0.3, -0.25) is 0 Å². The van der Waals surface area contributed by atoms with Crippen LogP contribution in [0.4, 0.5) is 5.82 Å². The summed E-state index contributed by atoms with van der Waals surface area (Å²) in [4.78, 5) is 6.88. The molecule has 17 heavy (non-hydrogen) atoms. The molecule has 0 N–H and O–H groups in total. The lowest BCUT2D eigenvalue weighted by Gasteiger charge is -2.17. The van der Waals surface area contributed by atoms with E-state index in [0.29, 0.717) is 0 Å². The van der Waals surface area contributed by atoms with Crippen molar-refractivity contribution >= 4 is 27.3 Å². The molecule has 1 atom stereocenters. The number of aryl methyl sites for hydroxylation is 1. The molecule has 0 amide bonds. The van der Waals surface area contributed by atoms with E-state index in [4.69, 9.17) is 0 Å². The van der Waals surface area contributed by atoms with E-state index in [1.807, 2.05) is 23.8 Å². The number of rotatable bonds is 2. The molecule has 0 saturated carbocycles. The molecular formula is C12H15BrN4. The molecule has 0 spiro atoms. The predicted molar refractivity (Wildman–Crippen MR) is 71.8 cm³/mol. The monoisotopic (exact) mass is 294 g/mol. The van der Waals surface area contributed by atoms with E-state index in [1.165, 1.54) is 6.42 Å². The number of hydrogen-bond acceptors (Lipinski definition) is 3. The standard InChI is InChI=1S/C12H15BrN4/c1-9-6-11-12(14-3-5-17(11)15-9)16-4-2-10(7-13)8-16/h3,5-6,10H,2,4,7-8H2,1H3. The fourth-order valence-corrected chi connectivity index (χ4v) is 2.95. The highest BCUT2D eigenvalue weighted by Crippen LogP contribution is 2.26. The van der Waals surface area contributed by atoms with E-state index in [2.05, 4.69) is 37.0 Å². The molecule has 3 heterocycles. The van der Waals surface area contributed by atoms with Crippen LogP contribution in [0.1, 0.15) is 12.1 Å². The third-order valence-corrected chi connectivity index (χ3v) is 4.21. The maximum Gasteiger partial charge on any atom is 0.154 e. The minimum atomic E-state index is 0.737. The van der Waals surface area contributed by atoms with Gasteiger partial charge in [-0.1, -0.05) is 15.9 Å². The largest absolute Gasteiger partial charge is 0.355 e. The molecule has 0 radical (unpaired) electrons. The van der Waals surface area contributed by atoms with Gasteiger partial charge in [0.1, 0.15) is 5.52 Å². The van der Waals surface area contributed by atoms with Crippen LogP contribution >= 0.6 is 15.9 Å². The molecule has 0 bridgehead atoms. The van der Waals surface area contributed by atoms with Gasteiger partial charge in [0.2, 0.25) is 0 Å². The van der Waals surface area contributed by atoms with Crippen LogP contribution in [-0.4, -0.2) is 33.0 Å². The number of aromatic nitrogens is 3. The maximum atomic E-state index is 4.52. The molecule has 1 saturated heterocycles. The Morgan fingerprint density at radius 2 is 2.41 bits per heavy atom. The summed E-state index contributed by atoms with van der Waals surface area (Å²) in [7, 11) is 0. The molecule has 1 aliphatic rings. The van der Waals surface area contributed by atoms with Gasteiger partial charge < -0.3 is 4.90 Å². The van der Waals surface area contributed by atoms with Crippen LogP contribution in [0.3, 0.4) is 0 Å². The summed E-state index contributed by atoms with van der Waals surface area (Å²) in [5.41, 5.74) is 2.15. The van der Waals surface area contributed by atoms with Crippen molar-refractivity contribution in [2.45, 2.75) is 13.3 Å². The Labute approximate surface area is 109 Å². The second kappa shape index (κ2) is 4.29. The lowest BCUT2D eigenvalue weighted by molar-refractivity contribution is 0.675. The number of halogens is 1. The van der Waals surface area contributed by atoms with E-state index >= 15 is 0 Å². The summed E-state index contributed by atoms with van der Waals surface area (Å²) in [6.07, 6.45) is 4.97. The average molecular weight is 295 g/mol. The highest BCUT2D eigenvalue weighted by atomic mass is 79.9. The van der Waals surface area contributed by atoms with Crippen LogP contribution in [0.15, 0.2) is 18.5 Å². The predicted octanol–water partition coefficient (Wildman–Crippen LogP) is 2.26. The van der Waals surface area contributed by atoms with Gasteiger partial charge in [-0.2, -0.15) is 5.10 Å². The summed E-state index contributed by atoms with van der Waals surface area (Å²) in [6.45, 7) is 4.19. The Morgan fingerprint density at radius 3 is 3.18 bits per heavy atom. The Kier molecular flexibility index (Phi) is 2.78. The topological polar surface area (TPSA) is 33.4 Å². The van der Waals surface area contributed by atoms with Gasteiger partial charge in [-0.25, -0.2) is 9.50 Å². The second-order valence-corrected chi connectivity index (χ2v) is 5.27. The zero-order chi connectivity index (χ0) is 11.8. The molecule has 90 valence electrons. The van der Waals surface area contributed by atoms with E-state index in [-0.39, 0.29) is 0 Å². The Balaban J connectivity index is 2.00. The van der Waals surface area contributed by atoms with Gasteiger partial charge >= 0.3 is 0 Å². The summed E-state index contributed by atoms with van der Waals surface area (Å²) < 4.78 is 1.92. The third kappa shape index (κ3) is 1.92. The maximum absolute atomic E-state index is 4.52. The van der Waals surface area contributed by atoms with Gasteiger partial charge in [-0.15, -0.1) is 0 Å². The average Bonchev–Trinajstić information content (AvgIpc) is 2.92. The van der Waals surface area contributed by atoms with Gasteiger partial charge in [0.15, 0.2) is 5.82 Å². The molecule has 2 aromatic rings. The number of anilines is 1. The van der Waals surface area contributed by atoms with Crippen molar-refractivity contribution in [3.05, 3.63) is 24.2 Å². The van der Waals surface area contributed by atoms with E-state index in [9.17, 15) is 0 Å². The highest BCUT2D eigenvalue weighted by Gasteiger charge is 2.24. The fraction of sp³-hybridized carbons (Fsp3) is 0.500. The number of hydrogen-bond donors (Lipinski definition) is 0. The van der Waals surface area contributed by atoms with E-state index < -0.39 is 0 Å². The first kappa shape index (κ1) is 11.0. The van der Waals surface area contributed by atoms with Crippen molar-refractivity contribution in [2.75, 3.05) is 23.3 Å². The first-order chi connectivity index (χ1) is 8.28. The Bertz CT molecular complexity index is 536. The molecular weight excluding hydrogens is 280 g/mol. The van der Waals surface area contributed by atoms with Crippen LogP contribution in [0.25, 0.3) is 5.52 Å². The van der Waals surface area contributed by atoms with Crippen molar-refractivity contribution in [3.63, 3.8) is 0 Å². The summed E-state index contributed by atoms with van der Waals surface area (Å²) in [6, 6.07) is 2.10. The van der Waals surface area contributed by atoms with Crippen molar-refractivity contribution in [3.8, 4) is 0 Å². The molecule has 4 nitrogen and oxygen atoms in total. The van der Waals surface area contributed by atoms with Crippen molar-refractivity contribution < 1.29 is 0 Å².